The molecule has 2 aromatic carbocycles. The van der Waals surface area contributed by atoms with Crippen LogP contribution in [0.25, 0.3) is 0 Å². The molecule has 0 aromatic heterocycles. The summed E-state index contributed by atoms with van der Waals surface area (Å²) in [5.74, 6) is -0.154. The lowest BCUT2D eigenvalue weighted by atomic mass is 10.1. The van der Waals surface area contributed by atoms with Gasteiger partial charge in [-0.3, -0.25) is 4.57 Å². The lowest BCUT2D eigenvalue weighted by Gasteiger charge is -2.29. The van der Waals surface area contributed by atoms with E-state index < -0.39 is 19.3 Å². The van der Waals surface area contributed by atoms with E-state index >= 15 is 0 Å². The van der Waals surface area contributed by atoms with Crippen LogP contribution in [-0.4, -0.2) is 47.6 Å². The van der Waals surface area contributed by atoms with E-state index in [1.165, 1.54) is 28.4 Å². The van der Waals surface area contributed by atoms with Crippen molar-refractivity contribution in [1.82, 2.24) is 0 Å². The van der Waals surface area contributed by atoms with Crippen molar-refractivity contribution in [2.24, 2.45) is 0 Å². The van der Waals surface area contributed by atoms with Crippen molar-refractivity contribution in [3.8, 4) is 17.2 Å². The molecule has 2 aromatic rings. The van der Waals surface area contributed by atoms with Gasteiger partial charge in [-0.05, 0) is 55.8 Å². The fourth-order valence-electron chi connectivity index (χ4n) is 3.13. The summed E-state index contributed by atoms with van der Waals surface area (Å²) in [5, 5.41) is 3.21. The van der Waals surface area contributed by atoms with Crippen molar-refractivity contribution in [1.29, 1.82) is 0 Å². The minimum Gasteiger partial charge on any atom is -0.493 e. The van der Waals surface area contributed by atoms with Gasteiger partial charge in [-0.1, -0.05) is 0 Å². The topological polar surface area (TPSA) is 102 Å². The summed E-state index contributed by atoms with van der Waals surface area (Å²) in [6.45, 7) is 3.84. The molecule has 0 fully saturated rings. The molecule has 0 aliphatic heterocycles. The number of nitrogens with one attached hydrogen (secondary N) is 1. The van der Waals surface area contributed by atoms with Crippen LogP contribution in [0.5, 0.6) is 17.2 Å². The fourth-order valence-corrected chi connectivity index (χ4v) is 5.04. The van der Waals surface area contributed by atoms with E-state index in [1.807, 2.05) is 0 Å². The van der Waals surface area contributed by atoms with E-state index in [9.17, 15) is 9.36 Å². The van der Waals surface area contributed by atoms with Crippen LogP contribution in [0.1, 0.15) is 35.6 Å². The monoisotopic (exact) mass is 467 g/mol. The van der Waals surface area contributed by atoms with Gasteiger partial charge in [-0.25, -0.2) is 4.79 Å². The minimum atomic E-state index is -3.69. The molecular weight excluding hydrogens is 437 g/mol. The number of methoxy groups -OCH3 is 4. The molecule has 10 heteroatoms. The number of esters is 1. The first kappa shape index (κ1) is 25.5. The Morgan fingerprint density at radius 3 is 1.84 bits per heavy atom. The molecule has 176 valence electrons. The number of rotatable bonds is 12. The highest BCUT2D eigenvalue weighted by Crippen LogP contribution is 2.61. The molecule has 0 radical (unpaired) electrons. The van der Waals surface area contributed by atoms with Crippen LogP contribution in [-0.2, 0) is 18.3 Å². The standard InChI is InChI=1S/C22H30NO8P/c1-7-30-32(25,31-8-2)21(23-17-11-9-15(10-12-17)22(24)29-6)16-13-18(26-3)20(28-5)19(14-16)27-4/h9-14,21,23H,7-8H2,1-6H3. The number of hydrogen-bond donors (Lipinski definition) is 1. The van der Waals surface area contributed by atoms with Gasteiger partial charge in [0.2, 0.25) is 5.75 Å². The van der Waals surface area contributed by atoms with Crippen LogP contribution in [0, 0.1) is 0 Å². The molecule has 1 N–H and O–H groups in total. The average Bonchev–Trinajstić information content (AvgIpc) is 2.81. The molecule has 0 bridgehead atoms. The second-order valence-electron chi connectivity index (χ2n) is 6.45. The Hall–Kier alpha value is -2.74. The normalized spacial score (nSPS) is 12.1. The molecule has 0 spiro atoms. The summed E-state index contributed by atoms with van der Waals surface area (Å²) < 4.78 is 46.1. The molecule has 9 nitrogen and oxygen atoms in total. The molecule has 2 rings (SSSR count). The summed E-state index contributed by atoms with van der Waals surface area (Å²) in [5.41, 5.74) is 1.53. The summed E-state index contributed by atoms with van der Waals surface area (Å²) in [7, 11) is 2.13. The Labute approximate surface area is 188 Å². The number of hydrogen-bond acceptors (Lipinski definition) is 9. The van der Waals surface area contributed by atoms with Gasteiger partial charge < -0.3 is 33.3 Å². The third kappa shape index (κ3) is 5.73. The Kier molecular flexibility index (Phi) is 9.38. The van der Waals surface area contributed by atoms with Crippen LogP contribution in [0.15, 0.2) is 36.4 Å². The van der Waals surface area contributed by atoms with E-state index in [0.717, 1.165) is 0 Å². The largest absolute Gasteiger partial charge is 0.493 e. The SMILES string of the molecule is CCOP(=O)(OCC)C(Nc1ccc(C(=O)OC)cc1)c1cc(OC)c(OC)c(OC)c1. The van der Waals surface area contributed by atoms with Crippen molar-refractivity contribution >= 4 is 19.3 Å². The number of carbonyl (C=O) groups excluding carboxylic acids is 1. The summed E-state index contributed by atoms with van der Waals surface area (Å²) in [6, 6.07) is 9.94. The molecule has 0 amide bonds. The fraction of sp³-hybridized carbons (Fsp3) is 0.409. The van der Waals surface area contributed by atoms with Crippen molar-refractivity contribution in [2.75, 3.05) is 47.0 Å². The molecule has 0 aliphatic rings. The highest BCUT2D eigenvalue weighted by molar-refractivity contribution is 7.54. The van der Waals surface area contributed by atoms with Gasteiger partial charge in [0.05, 0.1) is 47.2 Å². The van der Waals surface area contributed by atoms with E-state index in [1.54, 1.807) is 50.2 Å². The zero-order valence-electron chi connectivity index (χ0n) is 19.2. The lowest BCUT2D eigenvalue weighted by molar-refractivity contribution is 0.0600. The van der Waals surface area contributed by atoms with Crippen molar-refractivity contribution in [2.45, 2.75) is 19.6 Å². The molecule has 0 saturated carbocycles. The first-order valence-corrected chi connectivity index (χ1v) is 11.6. The van der Waals surface area contributed by atoms with Crippen LogP contribution in [0.4, 0.5) is 5.69 Å². The molecule has 0 saturated heterocycles. The third-order valence-corrected chi connectivity index (χ3v) is 6.84. The Bertz CT molecular complexity index is 912. The molecule has 1 unspecified atom stereocenters. The average molecular weight is 467 g/mol. The maximum Gasteiger partial charge on any atom is 0.357 e. The zero-order chi connectivity index (χ0) is 23.7. The van der Waals surface area contributed by atoms with E-state index in [2.05, 4.69) is 5.32 Å². The third-order valence-electron chi connectivity index (χ3n) is 4.55. The molecular formula is C22H30NO8P. The molecule has 32 heavy (non-hydrogen) atoms. The highest BCUT2D eigenvalue weighted by atomic mass is 31.2. The predicted molar refractivity (Wildman–Crippen MR) is 121 cm³/mol. The van der Waals surface area contributed by atoms with Crippen LogP contribution < -0.4 is 19.5 Å². The van der Waals surface area contributed by atoms with Gasteiger partial charge in [-0.15, -0.1) is 0 Å². The highest BCUT2D eigenvalue weighted by Gasteiger charge is 2.38. The van der Waals surface area contributed by atoms with Crippen molar-refractivity contribution < 1.29 is 37.4 Å². The maximum absolute atomic E-state index is 13.8. The summed E-state index contributed by atoms with van der Waals surface area (Å²) >= 11 is 0. The number of benzene rings is 2. The maximum atomic E-state index is 13.8. The van der Waals surface area contributed by atoms with Gasteiger partial charge in [-0.2, -0.15) is 0 Å². The van der Waals surface area contributed by atoms with Crippen LogP contribution >= 0.6 is 7.60 Å². The van der Waals surface area contributed by atoms with Gasteiger partial charge in [0.25, 0.3) is 0 Å². The summed E-state index contributed by atoms with van der Waals surface area (Å²) in [6.07, 6.45) is 0. The smallest absolute Gasteiger partial charge is 0.357 e. The summed E-state index contributed by atoms with van der Waals surface area (Å²) in [4.78, 5) is 11.7. The van der Waals surface area contributed by atoms with Crippen molar-refractivity contribution in [3.63, 3.8) is 0 Å². The minimum absolute atomic E-state index is 0.182. The van der Waals surface area contributed by atoms with Gasteiger partial charge in [0.1, 0.15) is 0 Å². The Balaban J connectivity index is 2.59. The Morgan fingerprint density at radius 1 is 0.906 bits per heavy atom. The van der Waals surface area contributed by atoms with Gasteiger partial charge in [0.15, 0.2) is 17.3 Å². The van der Waals surface area contributed by atoms with Gasteiger partial charge >= 0.3 is 13.6 Å². The molecule has 0 heterocycles. The second-order valence-corrected chi connectivity index (χ2v) is 8.56. The van der Waals surface area contributed by atoms with E-state index in [-0.39, 0.29) is 13.2 Å². The van der Waals surface area contributed by atoms with Crippen LogP contribution in [0.3, 0.4) is 0 Å². The first-order chi connectivity index (χ1) is 15.4. The second kappa shape index (κ2) is 11.8. The number of anilines is 1. The quantitative estimate of drug-likeness (QED) is 0.346. The van der Waals surface area contributed by atoms with E-state index in [4.69, 9.17) is 28.0 Å². The lowest BCUT2D eigenvalue weighted by Crippen LogP contribution is -2.16. The molecule has 1 atom stereocenters. The van der Waals surface area contributed by atoms with Crippen LogP contribution in [0.2, 0.25) is 0 Å². The number of carbonyl (C=O) groups is 1. The number of ether oxygens (including phenoxy) is 4. The van der Waals surface area contributed by atoms with E-state index in [0.29, 0.717) is 34.1 Å². The predicted octanol–water partition coefficient (Wildman–Crippen LogP) is 4.88. The van der Waals surface area contributed by atoms with Crippen molar-refractivity contribution in [3.05, 3.63) is 47.5 Å². The van der Waals surface area contributed by atoms with Gasteiger partial charge in [0, 0.05) is 5.69 Å². The Morgan fingerprint density at radius 2 is 1.44 bits per heavy atom. The first-order valence-electron chi connectivity index (χ1n) is 10.0. The zero-order valence-corrected chi connectivity index (χ0v) is 20.1. The molecule has 0 aliphatic carbocycles.